The van der Waals surface area contributed by atoms with Crippen LogP contribution in [0.2, 0.25) is 0 Å². The standard InChI is InChI=1S/C15H13NO4S2/c1-9-3-4-10(2)14(7-9)22(18,19)16-11-5-6-12-13(8-11)21-15(17)20-12/h3-8,16H,1-2H3. The third-order valence-corrected chi connectivity index (χ3v) is 5.53. The highest BCUT2D eigenvalue weighted by Crippen LogP contribution is 2.25. The fraction of sp³-hybridized carbons (Fsp3) is 0.133. The van der Waals surface area contributed by atoms with Crippen LogP contribution >= 0.6 is 11.3 Å². The first kappa shape index (κ1) is 14.8. The fourth-order valence-corrected chi connectivity index (χ4v) is 4.23. The van der Waals surface area contributed by atoms with E-state index in [4.69, 9.17) is 4.42 Å². The van der Waals surface area contributed by atoms with Gasteiger partial charge in [-0.1, -0.05) is 23.5 Å². The van der Waals surface area contributed by atoms with Crippen molar-refractivity contribution in [3.8, 4) is 0 Å². The van der Waals surface area contributed by atoms with Crippen LogP contribution < -0.4 is 9.66 Å². The van der Waals surface area contributed by atoms with E-state index >= 15 is 0 Å². The van der Waals surface area contributed by atoms with Gasteiger partial charge in [0, 0.05) is 0 Å². The molecule has 0 saturated carbocycles. The van der Waals surface area contributed by atoms with Gasteiger partial charge in [0.1, 0.15) is 5.58 Å². The number of nitrogens with one attached hydrogen (secondary N) is 1. The van der Waals surface area contributed by atoms with E-state index in [0.29, 0.717) is 21.5 Å². The lowest BCUT2D eigenvalue weighted by atomic mass is 10.2. The Labute approximate surface area is 131 Å². The second-order valence-corrected chi connectivity index (χ2v) is 7.62. The summed E-state index contributed by atoms with van der Waals surface area (Å²) >= 11 is 0.937. The minimum absolute atomic E-state index is 0.243. The first-order valence-corrected chi connectivity index (χ1v) is 8.79. The molecule has 1 aromatic heterocycles. The summed E-state index contributed by atoms with van der Waals surface area (Å²) in [7, 11) is -3.68. The summed E-state index contributed by atoms with van der Waals surface area (Å²) in [5.41, 5.74) is 2.39. The van der Waals surface area contributed by atoms with E-state index in [-0.39, 0.29) is 4.90 Å². The van der Waals surface area contributed by atoms with Crippen LogP contribution in [0.5, 0.6) is 0 Å². The molecular formula is C15H13NO4S2. The van der Waals surface area contributed by atoms with Crippen molar-refractivity contribution in [3.63, 3.8) is 0 Å². The van der Waals surface area contributed by atoms with Crippen molar-refractivity contribution in [2.75, 3.05) is 4.72 Å². The maximum atomic E-state index is 12.5. The van der Waals surface area contributed by atoms with Crippen molar-refractivity contribution >= 4 is 37.3 Å². The number of hydrogen-bond donors (Lipinski definition) is 1. The van der Waals surface area contributed by atoms with Gasteiger partial charge in [-0.15, -0.1) is 0 Å². The quantitative estimate of drug-likeness (QED) is 0.797. The zero-order valence-corrected chi connectivity index (χ0v) is 13.5. The zero-order chi connectivity index (χ0) is 15.9. The predicted octanol–water partition coefficient (Wildman–Crippen LogP) is 3.27. The van der Waals surface area contributed by atoms with E-state index in [1.807, 2.05) is 13.0 Å². The van der Waals surface area contributed by atoms with Crippen LogP contribution in [0.15, 0.2) is 50.5 Å². The molecule has 0 spiro atoms. The maximum Gasteiger partial charge on any atom is 0.396 e. The number of hydrogen-bond acceptors (Lipinski definition) is 5. The summed E-state index contributed by atoms with van der Waals surface area (Å²) < 4.78 is 33.1. The van der Waals surface area contributed by atoms with Crippen LogP contribution in [-0.2, 0) is 10.0 Å². The van der Waals surface area contributed by atoms with Crippen LogP contribution in [0.4, 0.5) is 5.69 Å². The lowest BCUT2D eigenvalue weighted by molar-refractivity contribution is 0.585. The summed E-state index contributed by atoms with van der Waals surface area (Å²) in [6, 6.07) is 10.0. The van der Waals surface area contributed by atoms with E-state index in [9.17, 15) is 13.2 Å². The van der Waals surface area contributed by atoms with Crippen LogP contribution in [0.3, 0.4) is 0 Å². The molecule has 0 unspecified atom stereocenters. The van der Waals surface area contributed by atoms with E-state index in [0.717, 1.165) is 16.9 Å². The Bertz CT molecular complexity index is 1020. The fourth-order valence-electron chi connectivity index (χ4n) is 2.14. The number of fused-ring (bicyclic) bond motifs is 1. The molecule has 0 atom stereocenters. The monoisotopic (exact) mass is 335 g/mol. The van der Waals surface area contributed by atoms with E-state index < -0.39 is 15.0 Å². The minimum atomic E-state index is -3.68. The first-order chi connectivity index (χ1) is 10.3. The minimum Gasteiger partial charge on any atom is -0.414 e. The number of benzene rings is 2. The van der Waals surface area contributed by atoms with Gasteiger partial charge in [-0.05, 0) is 49.2 Å². The van der Waals surface area contributed by atoms with Gasteiger partial charge in [0.15, 0.2) is 0 Å². The smallest absolute Gasteiger partial charge is 0.396 e. The molecule has 22 heavy (non-hydrogen) atoms. The molecule has 7 heteroatoms. The second-order valence-electron chi connectivity index (χ2n) is 4.99. The maximum absolute atomic E-state index is 12.5. The van der Waals surface area contributed by atoms with Crippen molar-refractivity contribution in [3.05, 3.63) is 57.3 Å². The number of anilines is 1. The van der Waals surface area contributed by atoms with Crippen molar-refractivity contribution in [2.45, 2.75) is 18.7 Å². The SMILES string of the molecule is Cc1ccc(C)c(S(=O)(=O)Nc2ccc3oc(=O)sc3c2)c1. The highest BCUT2D eigenvalue weighted by molar-refractivity contribution is 7.92. The average Bonchev–Trinajstić information content (AvgIpc) is 2.80. The third-order valence-electron chi connectivity index (χ3n) is 3.22. The Kier molecular flexibility index (Phi) is 3.54. The predicted molar refractivity (Wildman–Crippen MR) is 87.1 cm³/mol. The van der Waals surface area contributed by atoms with Gasteiger partial charge in [0.2, 0.25) is 0 Å². The molecule has 0 radical (unpaired) electrons. The molecule has 0 aliphatic heterocycles. The molecule has 3 rings (SSSR count). The zero-order valence-electron chi connectivity index (χ0n) is 11.9. The average molecular weight is 335 g/mol. The van der Waals surface area contributed by atoms with Gasteiger partial charge in [0.05, 0.1) is 15.3 Å². The van der Waals surface area contributed by atoms with Gasteiger partial charge in [-0.2, -0.15) is 0 Å². The van der Waals surface area contributed by atoms with Crippen LogP contribution in [0.1, 0.15) is 11.1 Å². The highest BCUT2D eigenvalue weighted by atomic mass is 32.2. The molecule has 0 bridgehead atoms. The lowest BCUT2D eigenvalue weighted by Crippen LogP contribution is -2.14. The molecule has 0 aliphatic carbocycles. The first-order valence-electron chi connectivity index (χ1n) is 6.49. The molecular weight excluding hydrogens is 322 g/mol. The van der Waals surface area contributed by atoms with Crippen molar-refractivity contribution in [2.24, 2.45) is 0 Å². The highest BCUT2D eigenvalue weighted by Gasteiger charge is 2.17. The largest absolute Gasteiger partial charge is 0.414 e. The molecule has 5 nitrogen and oxygen atoms in total. The molecule has 0 amide bonds. The van der Waals surface area contributed by atoms with Crippen molar-refractivity contribution in [1.29, 1.82) is 0 Å². The van der Waals surface area contributed by atoms with E-state index in [1.165, 1.54) is 0 Å². The lowest BCUT2D eigenvalue weighted by Gasteiger charge is -2.11. The topological polar surface area (TPSA) is 76.4 Å². The summed E-state index contributed by atoms with van der Waals surface area (Å²) in [5, 5.41) is 0. The van der Waals surface area contributed by atoms with Crippen LogP contribution in [0.25, 0.3) is 10.3 Å². The Morgan fingerprint density at radius 2 is 1.86 bits per heavy atom. The summed E-state index contributed by atoms with van der Waals surface area (Å²) in [6.45, 7) is 3.59. The van der Waals surface area contributed by atoms with E-state index in [2.05, 4.69) is 4.72 Å². The normalized spacial score (nSPS) is 11.7. The van der Waals surface area contributed by atoms with Crippen LogP contribution in [0, 0.1) is 13.8 Å². The Hall–Kier alpha value is -2.12. The third kappa shape index (κ3) is 2.77. The van der Waals surface area contributed by atoms with Crippen LogP contribution in [-0.4, -0.2) is 8.42 Å². The molecule has 0 fully saturated rings. The Balaban J connectivity index is 2.02. The number of rotatable bonds is 3. The number of sulfonamides is 1. The summed E-state index contributed by atoms with van der Waals surface area (Å²) in [5.74, 6) is 0. The molecule has 3 aromatic rings. The molecule has 0 aliphatic rings. The van der Waals surface area contributed by atoms with Crippen molar-refractivity contribution in [1.82, 2.24) is 0 Å². The van der Waals surface area contributed by atoms with E-state index in [1.54, 1.807) is 37.3 Å². The molecule has 114 valence electrons. The van der Waals surface area contributed by atoms with Gasteiger partial charge < -0.3 is 4.42 Å². The van der Waals surface area contributed by atoms with Gasteiger partial charge in [-0.3, -0.25) is 4.72 Å². The molecule has 1 N–H and O–H groups in total. The number of aryl methyl sites for hydroxylation is 2. The second kappa shape index (κ2) is 5.26. The summed E-state index contributed by atoms with van der Waals surface area (Å²) in [4.78, 5) is 11.0. The Morgan fingerprint density at radius 3 is 2.64 bits per heavy atom. The molecule has 0 saturated heterocycles. The molecule has 1 heterocycles. The Morgan fingerprint density at radius 1 is 1.09 bits per heavy atom. The van der Waals surface area contributed by atoms with Crippen molar-refractivity contribution < 1.29 is 12.8 Å². The molecule has 2 aromatic carbocycles. The van der Waals surface area contributed by atoms with Gasteiger partial charge >= 0.3 is 4.94 Å². The summed E-state index contributed by atoms with van der Waals surface area (Å²) in [6.07, 6.45) is 0. The van der Waals surface area contributed by atoms with Gasteiger partial charge in [-0.25, -0.2) is 13.2 Å². The van der Waals surface area contributed by atoms with Gasteiger partial charge in [0.25, 0.3) is 10.0 Å².